The quantitative estimate of drug-likeness (QED) is 0.776. The predicted octanol–water partition coefficient (Wildman–Crippen LogP) is 1.95. The molecule has 2 fully saturated rings. The number of carbonyl (C=O) groups is 1. The largest absolute Gasteiger partial charge is 0.497 e. The number of hydrogen-bond acceptors (Lipinski definition) is 6. The lowest BCUT2D eigenvalue weighted by atomic mass is 9.73. The number of amides is 1. The molecule has 0 radical (unpaired) electrons. The lowest BCUT2D eigenvalue weighted by Gasteiger charge is -2.49. The van der Waals surface area contributed by atoms with E-state index in [1.54, 1.807) is 25.6 Å². The smallest absolute Gasteiger partial charge is 0.230 e. The molecule has 1 aromatic carbocycles. The van der Waals surface area contributed by atoms with Crippen molar-refractivity contribution < 1.29 is 14.6 Å². The summed E-state index contributed by atoms with van der Waals surface area (Å²) in [5.74, 6) is 1.53. The molecule has 2 heterocycles. The number of ether oxygens (including phenoxy) is 1. The Morgan fingerprint density at radius 3 is 2.62 bits per heavy atom. The van der Waals surface area contributed by atoms with E-state index < -0.39 is 5.41 Å². The van der Waals surface area contributed by atoms with Gasteiger partial charge in [0.1, 0.15) is 5.75 Å². The van der Waals surface area contributed by atoms with Gasteiger partial charge >= 0.3 is 0 Å². The highest BCUT2D eigenvalue weighted by molar-refractivity contribution is 5.86. The molecule has 1 saturated carbocycles. The number of aliphatic hydroxyl groups is 1. The second-order valence-electron chi connectivity index (χ2n) is 8.19. The number of benzene rings is 1. The van der Waals surface area contributed by atoms with E-state index in [0.717, 1.165) is 37.0 Å². The number of nitrogens with zero attached hydrogens (tertiary/aromatic N) is 3. The van der Waals surface area contributed by atoms with Crippen LogP contribution >= 0.6 is 0 Å². The maximum absolute atomic E-state index is 13.4. The van der Waals surface area contributed by atoms with Crippen molar-refractivity contribution in [3.05, 3.63) is 48.3 Å². The molecule has 0 unspecified atom stereocenters. The van der Waals surface area contributed by atoms with E-state index in [-0.39, 0.29) is 18.1 Å². The molecule has 29 heavy (non-hydrogen) atoms. The van der Waals surface area contributed by atoms with Gasteiger partial charge < -0.3 is 20.1 Å². The molecule has 0 atom stereocenters. The van der Waals surface area contributed by atoms with Crippen LogP contribution in [0.4, 0.5) is 5.95 Å². The maximum atomic E-state index is 13.4. The summed E-state index contributed by atoms with van der Waals surface area (Å²) in [6.07, 6.45) is 6.99. The van der Waals surface area contributed by atoms with Crippen molar-refractivity contribution in [2.45, 2.75) is 44.2 Å². The third-order valence-corrected chi connectivity index (χ3v) is 6.01. The fourth-order valence-electron chi connectivity index (χ4n) is 4.35. The number of nitrogens with one attached hydrogen (secondary N) is 1. The molecule has 2 aromatic rings. The van der Waals surface area contributed by atoms with Crippen LogP contribution in [0.1, 0.15) is 31.2 Å². The lowest BCUT2D eigenvalue weighted by Crippen LogP contribution is -2.66. The first-order valence-electron chi connectivity index (χ1n) is 10.2. The first kappa shape index (κ1) is 19.6. The second kappa shape index (κ2) is 8.37. The van der Waals surface area contributed by atoms with Crippen LogP contribution in [0.15, 0.2) is 42.7 Å². The van der Waals surface area contributed by atoms with E-state index in [1.807, 2.05) is 29.2 Å². The number of methoxy groups -OCH3 is 1. The SMILES string of the molecule is COc1cccc(CC2(C(=O)NC3CCC(O)CC3)CN(c3ncccn3)C2)c1. The molecule has 2 N–H and O–H groups in total. The highest BCUT2D eigenvalue weighted by atomic mass is 16.5. The van der Waals surface area contributed by atoms with Crippen molar-refractivity contribution >= 4 is 11.9 Å². The van der Waals surface area contributed by atoms with Crippen LogP contribution in [0, 0.1) is 5.41 Å². The summed E-state index contributed by atoms with van der Waals surface area (Å²) < 4.78 is 5.35. The van der Waals surface area contributed by atoms with Crippen molar-refractivity contribution in [1.82, 2.24) is 15.3 Å². The Labute approximate surface area is 171 Å². The Balaban J connectivity index is 1.50. The Hall–Kier alpha value is -2.67. The molecule has 1 aliphatic heterocycles. The second-order valence-corrected chi connectivity index (χ2v) is 8.19. The van der Waals surface area contributed by atoms with Gasteiger partial charge in [-0.15, -0.1) is 0 Å². The van der Waals surface area contributed by atoms with Gasteiger partial charge in [0.05, 0.1) is 18.6 Å². The normalized spacial score (nSPS) is 23.2. The molecule has 0 bridgehead atoms. The van der Waals surface area contributed by atoms with E-state index in [2.05, 4.69) is 15.3 Å². The third-order valence-electron chi connectivity index (χ3n) is 6.01. The Morgan fingerprint density at radius 1 is 1.21 bits per heavy atom. The number of hydrogen-bond donors (Lipinski definition) is 2. The van der Waals surface area contributed by atoms with Gasteiger partial charge in [-0.2, -0.15) is 0 Å². The molecule has 1 saturated heterocycles. The number of carbonyl (C=O) groups excluding carboxylic acids is 1. The van der Waals surface area contributed by atoms with Crippen molar-refractivity contribution in [3.63, 3.8) is 0 Å². The zero-order valence-corrected chi connectivity index (χ0v) is 16.8. The predicted molar refractivity (Wildman–Crippen MR) is 110 cm³/mol. The van der Waals surface area contributed by atoms with Gasteiger partial charge in [0.2, 0.25) is 11.9 Å². The first-order valence-corrected chi connectivity index (χ1v) is 10.2. The first-order chi connectivity index (χ1) is 14.1. The zero-order valence-electron chi connectivity index (χ0n) is 16.8. The monoisotopic (exact) mass is 396 g/mol. The van der Waals surface area contributed by atoms with Gasteiger partial charge in [-0.3, -0.25) is 4.79 Å². The van der Waals surface area contributed by atoms with Crippen molar-refractivity contribution in [3.8, 4) is 5.75 Å². The van der Waals surface area contributed by atoms with Crippen LogP contribution in [0.2, 0.25) is 0 Å². The minimum absolute atomic E-state index is 0.0777. The van der Waals surface area contributed by atoms with E-state index in [4.69, 9.17) is 4.74 Å². The molecular formula is C22H28N4O3. The van der Waals surface area contributed by atoms with E-state index in [9.17, 15) is 9.90 Å². The molecular weight excluding hydrogens is 368 g/mol. The number of rotatable bonds is 6. The Kier molecular flexibility index (Phi) is 5.67. The summed E-state index contributed by atoms with van der Waals surface area (Å²) in [4.78, 5) is 24.0. The fraction of sp³-hybridized carbons (Fsp3) is 0.500. The Bertz CT molecular complexity index is 831. The summed E-state index contributed by atoms with van der Waals surface area (Å²) in [6.45, 7) is 1.16. The number of aromatic nitrogens is 2. The molecule has 1 aromatic heterocycles. The molecule has 4 rings (SSSR count). The minimum Gasteiger partial charge on any atom is -0.497 e. The van der Waals surface area contributed by atoms with Crippen LogP contribution < -0.4 is 15.0 Å². The van der Waals surface area contributed by atoms with Gasteiger partial charge in [0, 0.05) is 31.5 Å². The van der Waals surface area contributed by atoms with Gasteiger partial charge in [0.25, 0.3) is 0 Å². The van der Waals surface area contributed by atoms with Crippen molar-refractivity contribution in [2.75, 3.05) is 25.1 Å². The molecule has 7 heteroatoms. The van der Waals surface area contributed by atoms with Gasteiger partial charge in [-0.25, -0.2) is 9.97 Å². The highest BCUT2D eigenvalue weighted by Crippen LogP contribution is 2.37. The standard InChI is InChI=1S/C22H28N4O3/c1-29-19-5-2-4-16(12-19)13-22(14-26(15-22)21-23-10-3-11-24-21)20(28)25-17-6-8-18(27)9-7-17/h2-5,10-12,17-18,27H,6-9,13-15H2,1H3,(H,25,28). The molecule has 2 aliphatic rings. The summed E-state index contributed by atoms with van der Waals surface area (Å²) in [7, 11) is 1.65. The zero-order chi connectivity index (χ0) is 20.3. The van der Waals surface area contributed by atoms with Crippen molar-refractivity contribution in [2.24, 2.45) is 5.41 Å². The summed E-state index contributed by atoms with van der Waals surface area (Å²) in [6, 6.07) is 9.82. The topological polar surface area (TPSA) is 87.6 Å². The van der Waals surface area contributed by atoms with Crippen LogP contribution in [-0.4, -0.2) is 53.3 Å². The summed E-state index contributed by atoms with van der Waals surface area (Å²) >= 11 is 0. The van der Waals surface area contributed by atoms with Crippen molar-refractivity contribution in [1.29, 1.82) is 0 Å². The average molecular weight is 396 g/mol. The molecule has 7 nitrogen and oxygen atoms in total. The van der Waals surface area contributed by atoms with Gasteiger partial charge in [0.15, 0.2) is 0 Å². The van der Waals surface area contributed by atoms with Crippen LogP contribution in [0.25, 0.3) is 0 Å². The third kappa shape index (κ3) is 4.34. The van der Waals surface area contributed by atoms with E-state index in [0.29, 0.717) is 25.5 Å². The summed E-state index contributed by atoms with van der Waals surface area (Å²) in [5, 5.41) is 13.0. The maximum Gasteiger partial charge on any atom is 0.230 e. The van der Waals surface area contributed by atoms with E-state index >= 15 is 0 Å². The number of anilines is 1. The fourth-order valence-corrected chi connectivity index (χ4v) is 4.35. The Morgan fingerprint density at radius 2 is 1.93 bits per heavy atom. The lowest BCUT2D eigenvalue weighted by molar-refractivity contribution is -0.133. The molecule has 1 amide bonds. The molecule has 1 aliphatic carbocycles. The number of aliphatic hydroxyl groups excluding tert-OH is 1. The molecule has 0 spiro atoms. The minimum atomic E-state index is -0.526. The van der Waals surface area contributed by atoms with Crippen LogP contribution in [0.5, 0.6) is 5.75 Å². The van der Waals surface area contributed by atoms with Gasteiger partial charge in [-0.1, -0.05) is 12.1 Å². The highest BCUT2D eigenvalue weighted by Gasteiger charge is 2.50. The van der Waals surface area contributed by atoms with Crippen LogP contribution in [-0.2, 0) is 11.2 Å². The van der Waals surface area contributed by atoms with Crippen LogP contribution in [0.3, 0.4) is 0 Å². The van der Waals surface area contributed by atoms with Gasteiger partial charge in [-0.05, 0) is 55.9 Å². The van der Waals surface area contributed by atoms with E-state index in [1.165, 1.54) is 0 Å². The molecule has 154 valence electrons. The summed E-state index contributed by atoms with van der Waals surface area (Å²) in [5.41, 5.74) is 0.550. The average Bonchev–Trinajstić information content (AvgIpc) is 2.72.